The van der Waals surface area contributed by atoms with Crippen molar-refractivity contribution in [2.75, 3.05) is 13.1 Å². The van der Waals surface area contributed by atoms with Crippen LogP contribution in [0, 0.1) is 0 Å². The first-order valence-electron chi connectivity index (χ1n) is 6.64. The average molecular weight is 235 g/mol. The van der Waals surface area contributed by atoms with Crippen molar-refractivity contribution in [1.82, 2.24) is 15.1 Å². The van der Waals surface area contributed by atoms with Gasteiger partial charge in [-0.05, 0) is 51.8 Å². The second-order valence-electron chi connectivity index (χ2n) is 4.47. The molecule has 0 aliphatic carbocycles. The summed E-state index contributed by atoms with van der Waals surface area (Å²) in [5.41, 5.74) is 2.74. The molecule has 3 heteroatoms. The van der Waals surface area contributed by atoms with Crippen molar-refractivity contribution in [3.05, 3.63) is 29.6 Å². The number of allylic oxidation sites excluding steroid dienone is 1. The summed E-state index contributed by atoms with van der Waals surface area (Å²) in [7, 11) is 0. The van der Waals surface area contributed by atoms with Crippen LogP contribution in [0.15, 0.2) is 24.0 Å². The summed E-state index contributed by atoms with van der Waals surface area (Å²) < 4.78 is 1.98. The molecule has 3 nitrogen and oxygen atoms in total. The smallest absolute Gasteiger partial charge is 0.0525 e. The first-order valence-corrected chi connectivity index (χ1v) is 6.64. The monoisotopic (exact) mass is 235 g/mol. The van der Waals surface area contributed by atoms with Gasteiger partial charge in [0.2, 0.25) is 0 Å². The molecule has 1 aromatic rings. The number of hydrogen-bond acceptors (Lipinski definition) is 2. The van der Waals surface area contributed by atoms with Crippen LogP contribution in [0.3, 0.4) is 0 Å². The van der Waals surface area contributed by atoms with Crippen molar-refractivity contribution in [3.63, 3.8) is 0 Å². The van der Waals surface area contributed by atoms with Gasteiger partial charge in [-0.2, -0.15) is 5.10 Å². The third kappa shape index (κ3) is 5.68. The normalized spacial score (nSPS) is 12.1. The summed E-state index contributed by atoms with van der Waals surface area (Å²) in [4.78, 5) is 0. The Morgan fingerprint density at radius 1 is 1.41 bits per heavy atom. The van der Waals surface area contributed by atoms with Crippen molar-refractivity contribution in [2.45, 2.75) is 46.6 Å². The quantitative estimate of drug-likeness (QED) is 0.554. The Hall–Kier alpha value is -1.09. The van der Waals surface area contributed by atoms with Gasteiger partial charge in [0.05, 0.1) is 6.20 Å². The molecule has 0 saturated carbocycles. The van der Waals surface area contributed by atoms with Gasteiger partial charge in [-0.1, -0.05) is 18.6 Å². The highest BCUT2D eigenvalue weighted by atomic mass is 15.3. The molecule has 0 aliphatic heterocycles. The Bertz CT molecular complexity index is 339. The molecular weight excluding hydrogens is 210 g/mol. The van der Waals surface area contributed by atoms with Gasteiger partial charge in [0.25, 0.3) is 0 Å². The minimum atomic E-state index is 0.948. The number of nitrogens with one attached hydrogen (secondary N) is 1. The first-order chi connectivity index (χ1) is 8.26. The fraction of sp³-hybridized carbons (Fsp3) is 0.643. The predicted octanol–water partition coefficient (Wildman–Crippen LogP) is 2.78. The van der Waals surface area contributed by atoms with E-state index in [1.54, 1.807) is 0 Å². The summed E-state index contributed by atoms with van der Waals surface area (Å²) >= 11 is 0. The van der Waals surface area contributed by atoms with Crippen LogP contribution in [0.25, 0.3) is 0 Å². The van der Waals surface area contributed by atoms with Gasteiger partial charge >= 0.3 is 0 Å². The number of rotatable bonds is 8. The lowest BCUT2D eigenvalue weighted by Gasteiger charge is -2.01. The highest BCUT2D eigenvalue weighted by molar-refractivity contribution is 5.15. The summed E-state index contributed by atoms with van der Waals surface area (Å²) in [6.07, 6.45) is 9.77. The number of aryl methyl sites for hydroxylation is 1. The van der Waals surface area contributed by atoms with Crippen LogP contribution >= 0.6 is 0 Å². The van der Waals surface area contributed by atoms with Crippen LogP contribution in [-0.2, 0) is 13.0 Å². The maximum Gasteiger partial charge on any atom is 0.0525 e. The number of aromatic nitrogens is 2. The fourth-order valence-corrected chi connectivity index (χ4v) is 1.79. The van der Waals surface area contributed by atoms with E-state index in [0.29, 0.717) is 0 Å². The van der Waals surface area contributed by atoms with E-state index in [4.69, 9.17) is 0 Å². The molecule has 1 rings (SSSR count). The minimum Gasteiger partial charge on any atom is -0.316 e. The van der Waals surface area contributed by atoms with Crippen molar-refractivity contribution in [2.24, 2.45) is 0 Å². The lowest BCUT2D eigenvalue weighted by atomic mass is 10.1. The SMILES string of the molecule is CCCNCCC=C(C)Cc1cnn(CC)c1. The molecule has 1 N–H and O–H groups in total. The fourth-order valence-electron chi connectivity index (χ4n) is 1.79. The highest BCUT2D eigenvalue weighted by Crippen LogP contribution is 2.07. The zero-order valence-corrected chi connectivity index (χ0v) is 11.4. The maximum atomic E-state index is 4.29. The summed E-state index contributed by atoms with van der Waals surface area (Å²) in [5, 5.41) is 7.69. The van der Waals surface area contributed by atoms with E-state index in [9.17, 15) is 0 Å². The highest BCUT2D eigenvalue weighted by Gasteiger charge is 1.98. The van der Waals surface area contributed by atoms with Gasteiger partial charge in [-0.25, -0.2) is 0 Å². The number of nitrogens with zero attached hydrogens (tertiary/aromatic N) is 2. The molecule has 0 atom stereocenters. The van der Waals surface area contributed by atoms with Crippen molar-refractivity contribution in [1.29, 1.82) is 0 Å². The molecule has 0 spiro atoms. The molecule has 0 aliphatic rings. The molecule has 0 fully saturated rings. The third-order valence-corrected chi connectivity index (χ3v) is 2.73. The van der Waals surface area contributed by atoms with Gasteiger partial charge in [0.1, 0.15) is 0 Å². The molecule has 0 amide bonds. The predicted molar refractivity (Wildman–Crippen MR) is 73.1 cm³/mol. The molecule has 0 bridgehead atoms. The molecule has 0 radical (unpaired) electrons. The van der Waals surface area contributed by atoms with Crippen LogP contribution in [0.4, 0.5) is 0 Å². The van der Waals surface area contributed by atoms with E-state index in [0.717, 1.165) is 32.5 Å². The lowest BCUT2D eigenvalue weighted by molar-refractivity contribution is 0.659. The van der Waals surface area contributed by atoms with Crippen LogP contribution in [-0.4, -0.2) is 22.9 Å². The molecule has 17 heavy (non-hydrogen) atoms. The Morgan fingerprint density at radius 2 is 2.24 bits per heavy atom. The largest absolute Gasteiger partial charge is 0.316 e. The second-order valence-corrected chi connectivity index (χ2v) is 4.47. The second kappa shape index (κ2) is 8.07. The Balaban J connectivity index is 2.27. The van der Waals surface area contributed by atoms with Crippen molar-refractivity contribution >= 4 is 0 Å². The van der Waals surface area contributed by atoms with E-state index < -0.39 is 0 Å². The van der Waals surface area contributed by atoms with Crippen molar-refractivity contribution in [3.8, 4) is 0 Å². The van der Waals surface area contributed by atoms with Gasteiger partial charge in [0.15, 0.2) is 0 Å². The maximum absolute atomic E-state index is 4.29. The van der Waals surface area contributed by atoms with E-state index in [1.165, 1.54) is 17.6 Å². The zero-order valence-electron chi connectivity index (χ0n) is 11.4. The van der Waals surface area contributed by atoms with Crippen molar-refractivity contribution < 1.29 is 0 Å². The van der Waals surface area contributed by atoms with Gasteiger partial charge in [-0.3, -0.25) is 4.68 Å². The summed E-state index contributed by atoms with van der Waals surface area (Å²) in [6, 6.07) is 0. The van der Waals surface area contributed by atoms with Crippen LogP contribution in [0.2, 0.25) is 0 Å². The minimum absolute atomic E-state index is 0.948. The van der Waals surface area contributed by atoms with E-state index >= 15 is 0 Å². The summed E-state index contributed by atoms with van der Waals surface area (Å²) in [6.45, 7) is 9.65. The molecule has 1 heterocycles. The lowest BCUT2D eigenvalue weighted by Crippen LogP contribution is -2.15. The molecule has 0 saturated heterocycles. The third-order valence-electron chi connectivity index (χ3n) is 2.73. The van der Waals surface area contributed by atoms with E-state index in [1.807, 2.05) is 10.9 Å². The summed E-state index contributed by atoms with van der Waals surface area (Å²) in [5.74, 6) is 0. The molecule has 0 unspecified atom stereocenters. The molecule has 1 aromatic heterocycles. The van der Waals surface area contributed by atoms with Gasteiger partial charge < -0.3 is 5.32 Å². The molecule has 0 aromatic carbocycles. The Labute approximate surface area is 105 Å². The van der Waals surface area contributed by atoms with Crippen LogP contribution in [0.1, 0.15) is 39.2 Å². The Kier molecular flexibility index (Phi) is 6.63. The van der Waals surface area contributed by atoms with E-state index in [2.05, 4.69) is 43.5 Å². The average Bonchev–Trinajstić information content (AvgIpc) is 2.76. The number of hydrogen-bond donors (Lipinski definition) is 1. The first kappa shape index (κ1) is 14.0. The van der Waals surface area contributed by atoms with Crippen LogP contribution in [0.5, 0.6) is 0 Å². The topological polar surface area (TPSA) is 29.9 Å². The zero-order chi connectivity index (χ0) is 12.5. The molecule has 96 valence electrons. The standard InChI is InChI=1S/C14H25N3/c1-4-8-15-9-6-7-13(3)10-14-11-16-17(5-2)12-14/h7,11-12,15H,4-6,8-10H2,1-3H3. The van der Waals surface area contributed by atoms with Gasteiger partial charge in [0, 0.05) is 12.7 Å². The van der Waals surface area contributed by atoms with E-state index in [-0.39, 0.29) is 0 Å². The van der Waals surface area contributed by atoms with Gasteiger partial charge in [-0.15, -0.1) is 0 Å². The Morgan fingerprint density at radius 3 is 2.88 bits per heavy atom. The van der Waals surface area contributed by atoms with Crippen LogP contribution < -0.4 is 5.32 Å². The molecular formula is C14H25N3.